The first kappa shape index (κ1) is 25.2. The van der Waals surface area contributed by atoms with Crippen molar-refractivity contribution in [3.63, 3.8) is 0 Å². The Bertz CT molecular complexity index is 1580. The average Bonchev–Trinajstić information content (AvgIpc) is 3.38. The quantitative estimate of drug-likeness (QED) is 0.283. The molecule has 0 saturated carbocycles. The van der Waals surface area contributed by atoms with E-state index in [4.69, 9.17) is 0 Å². The van der Waals surface area contributed by atoms with Crippen molar-refractivity contribution in [2.45, 2.75) is 19.8 Å². The van der Waals surface area contributed by atoms with Gasteiger partial charge in [0.15, 0.2) is 0 Å². The molecule has 1 fully saturated rings. The Balaban J connectivity index is 0.000000345. The molecule has 6 rings (SSSR count). The molecule has 5 heterocycles. The molecular formula is C30H35N7O. The zero-order chi connectivity index (χ0) is 26.5. The summed E-state index contributed by atoms with van der Waals surface area (Å²) in [6.07, 6.45) is 11.4. The smallest absolute Gasteiger partial charge is 0.256 e. The number of amides is 1. The van der Waals surface area contributed by atoms with Crippen LogP contribution >= 0.6 is 0 Å². The lowest BCUT2D eigenvalue weighted by molar-refractivity contribution is 0.102. The molecule has 38 heavy (non-hydrogen) atoms. The summed E-state index contributed by atoms with van der Waals surface area (Å²) in [4.78, 5) is 35.0. The number of aromatic amines is 1. The number of aromatic nitrogens is 5. The summed E-state index contributed by atoms with van der Waals surface area (Å²) < 4.78 is 0. The van der Waals surface area contributed by atoms with E-state index in [2.05, 4.69) is 60.9 Å². The van der Waals surface area contributed by atoms with E-state index in [0.717, 1.165) is 39.0 Å². The lowest BCUT2D eigenvalue weighted by Gasteiger charge is -2.26. The van der Waals surface area contributed by atoms with Gasteiger partial charge in [-0.15, -0.1) is 6.58 Å². The Morgan fingerprint density at radius 1 is 1.11 bits per heavy atom. The number of rotatable bonds is 4. The highest BCUT2D eigenvalue weighted by Gasteiger charge is 2.13. The van der Waals surface area contributed by atoms with Crippen molar-refractivity contribution in [3.8, 4) is 11.1 Å². The summed E-state index contributed by atoms with van der Waals surface area (Å²) in [6, 6.07) is 13.2. The molecule has 5 aromatic rings. The van der Waals surface area contributed by atoms with E-state index in [1.807, 2.05) is 31.3 Å². The number of nitrogens with one attached hydrogen (secondary N) is 2. The summed E-state index contributed by atoms with van der Waals surface area (Å²) in [7, 11) is 2.18. The molecule has 1 aliphatic heterocycles. The van der Waals surface area contributed by atoms with Crippen LogP contribution in [0.3, 0.4) is 0 Å². The van der Waals surface area contributed by atoms with Gasteiger partial charge in [-0.3, -0.25) is 9.78 Å². The Hall–Kier alpha value is -4.43. The van der Waals surface area contributed by atoms with Gasteiger partial charge in [0.25, 0.3) is 5.91 Å². The lowest BCUT2D eigenvalue weighted by atomic mass is 9.98. The van der Waals surface area contributed by atoms with Crippen LogP contribution in [0.15, 0.2) is 80.0 Å². The lowest BCUT2D eigenvalue weighted by Crippen LogP contribution is -2.29. The van der Waals surface area contributed by atoms with Crippen molar-refractivity contribution in [3.05, 3.63) is 91.3 Å². The van der Waals surface area contributed by atoms with Gasteiger partial charge in [-0.2, -0.15) is 0 Å². The number of anilines is 1. The van der Waals surface area contributed by atoms with Gasteiger partial charge in [-0.25, -0.2) is 15.0 Å². The van der Waals surface area contributed by atoms with Crippen LogP contribution in [0, 0.1) is 12.8 Å². The predicted octanol–water partition coefficient (Wildman–Crippen LogP) is 6.14. The molecule has 8 nitrogen and oxygen atoms in total. The van der Waals surface area contributed by atoms with Crippen molar-refractivity contribution < 1.29 is 7.65 Å². The number of allylic oxidation sites excluding steroid dienone is 1. The third kappa shape index (κ3) is 5.60. The summed E-state index contributed by atoms with van der Waals surface area (Å²) in [5, 5.41) is 4.81. The molecule has 0 atom stereocenters. The number of nitrogens with zero attached hydrogens (tertiary/aromatic N) is 5. The van der Waals surface area contributed by atoms with Gasteiger partial charge < -0.3 is 15.2 Å². The number of H-pyrrole nitrogens is 1. The van der Waals surface area contributed by atoms with Gasteiger partial charge >= 0.3 is 0 Å². The van der Waals surface area contributed by atoms with E-state index in [1.165, 1.54) is 25.9 Å². The Morgan fingerprint density at radius 2 is 1.89 bits per heavy atom. The largest absolute Gasteiger partial charge is 0.345 e. The standard InChI is InChI=1S/C22H16N6O.C8H15N.2H2/c1-13-17-10-15(2-4-19(17)26-12-25-13)18-11-24-21-16(18)3-5-20(27-21)28-22(29)14-6-8-23-9-7-14;1-3-8-4-6-9(2)7-5-8;;/h2-12H,1H3,(H2,24,27,28,29);3,8H,1,4-7H2,2H3;2*1H. The number of hydrogen-bond acceptors (Lipinski definition) is 6. The average molecular weight is 510 g/mol. The fourth-order valence-electron chi connectivity index (χ4n) is 4.62. The number of hydrogen-bond donors (Lipinski definition) is 2. The summed E-state index contributed by atoms with van der Waals surface area (Å²) in [6.45, 7) is 8.26. The predicted molar refractivity (Wildman–Crippen MR) is 156 cm³/mol. The molecule has 1 amide bonds. The minimum atomic E-state index is -0.226. The molecule has 0 unspecified atom stereocenters. The first-order chi connectivity index (χ1) is 18.5. The number of aryl methyl sites for hydroxylation is 1. The van der Waals surface area contributed by atoms with Crippen LogP contribution in [-0.4, -0.2) is 55.9 Å². The fourth-order valence-corrected chi connectivity index (χ4v) is 4.62. The van der Waals surface area contributed by atoms with Crippen LogP contribution in [0.4, 0.5) is 5.82 Å². The minimum Gasteiger partial charge on any atom is -0.345 e. The number of carbonyl (C=O) groups excluding carboxylic acids is 1. The summed E-state index contributed by atoms with van der Waals surface area (Å²) in [5.74, 6) is 1.05. The molecule has 1 aliphatic rings. The third-order valence-electron chi connectivity index (χ3n) is 6.96. The highest BCUT2D eigenvalue weighted by molar-refractivity contribution is 6.04. The molecule has 1 aromatic carbocycles. The van der Waals surface area contributed by atoms with Crippen molar-refractivity contribution in [2.75, 3.05) is 25.5 Å². The maximum absolute atomic E-state index is 12.3. The van der Waals surface area contributed by atoms with Gasteiger partial charge in [0.1, 0.15) is 17.8 Å². The van der Waals surface area contributed by atoms with E-state index >= 15 is 0 Å². The highest BCUT2D eigenvalue weighted by Crippen LogP contribution is 2.31. The van der Waals surface area contributed by atoms with Crippen molar-refractivity contribution in [2.24, 2.45) is 5.92 Å². The van der Waals surface area contributed by atoms with E-state index < -0.39 is 0 Å². The number of piperidine rings is 1. The topological polar surface area (TPSA) is 99.7 Å². The minimum absolute atomic E-state index is 0. The fraction of sp³-hybridized carbons (Fsp3) is 0.233. The van der Waals surface area contributed by atoms with Gasteiger partial charge in [-0.1, -0.05) is 12.1 Å². The second kappa shape index (κ2) is 11.3. The highest BCUT2D eigenvalue weighted by atomic mass is 16.1. The first-order valence-corrected chi connectivity index (χ1v) is 12.7. The summed E-state index contributed by atoms with van der Waals surface area (Å²) >= 11 is 0. The number of benzene rings is 1. The number of pyridine rings is 2. The van der Waals surface area contributed by atoms with E-state index in [1.54, 1.807) is 36.9 Å². The number of likely N-dealkylation sites (tertiary alicyclic amines) is 1. The number of carbonyl (C=O) groups is 1. The van der Waals surface area contributed by atoms with Crippen LogP contribution in [0.5, 0.6) is 0 Å². The monoisotopic (exact) mass is 509 g/mol. The maximum Gasteiger partial charge on any atom is 0.256 e. The van der Waals surface area contributed by atoms with Crippen molar-refractivity contribution >= 4 is 33.7 Å². The molecule has 0 bridgehead atoms. The van der Waals surface area contributed by atoms with Gasteiger partial charge in [0.2, 0.25) is 0 Å². The molecule has 0 radical (unpaired) electrons. The Labute approximate surface area is 224 Å². The molecule has 1 saturated heterocycles. The van der Waals surface area contributed by atoms with Crippen LogP contribution < -0.4 is 5.32 Å². The summed E-state index contributed by atoms with van der Waals surface area (Å²) in [5.41, 5.74) is 5.18. The Kier molecular flexibility index (Phi) is 7.51. The van der Waals surface area contributed by atoms with Gasteiger partial charge in [0, 0.05) is 49.0 Å². The molecule has 4 aromatic heterocycles. The normalized spacial score (nSPS) is 14.2. The van der Waals surface area contributed by atoms with Crippen LogP contribution in [0.2, 0.25) is 0 Å². The van der Waals surface area contributed by atoms with Gasteiger partial charge in [0.05, 0.1) is 5.52 Å². The SMILES string of the molecule is C=CC1CCN(C)CC1.Cc1ncnc2ccc(-c3c[nH]c4nc(NC(=O)c5ccncc5)ccc34)cc12.[HH].[HH]. The second-order valence-corrected chi connectivity index (χ2v) is 9.55. The molecule has 0 aliphatic carbocycles. The van der Waals surface area contributed by atoms with Crippen LogP contribution in [0.25, 0.3) is 33.1 Å². The molecule has 2 N–H and O–H groups in total. The molecule has 8 heteroatoms. The molecular weight excluding hydrogens is 474 g/mol. The molecule has 0 spiro atoms. The zero-order valence-electron chi connectivity index (χ0n) is 21.7. The van der Waals surface area contributed by atoms with Crippen molar-refractivity contribution in [1.82, 2.24) is 29.8 Å². The van der Waals surface area contributed by atoms with Crippen LogP contribution in [-0.2, 0) is 0 Å². The molecule has 196 valence electrons. The number of fused-ring (bicyclic) bond motifs is 2. The second-order valence-electron chi connectivity index (χ2n) is 9.55. The van der Waals surface area contributed by atoms with Crippen molar-refractivity contribution in [1.29, 1.82) is 0 Å². The van der Waals surface area contributed by atoms with Gasteiger partial charge in [-0.05, 0) is 87.8 Å². The third-order valence-corrected chi connectivity index (χ3v) is 6.96. The maximum atomic E-state index is 12.3. The van der Waals surface area contributed by atoms with Crippen LogP contribution in [0.1, 0.15) is 31.7 Å². The van der Waals surface area contributed by atoms with E-state index in [9.17, 15) is 4.79 Å². The first-order valence-electron chi connectivity index (χ1n) is 12.7. The Morgan fingerprint density at radius 3 is 2.66 bits per heavy atom. The van der Waals surface area contributed by atoms with E-state index in [-0.39, 0.29) is 8.76 Å². The zero-order valence-corrected chi connectivity index (χ0v) is 21.7. The van der Waals surface area contributed by atoms with E-state index in [0.29, 0.717) is 17.0 Å².